The SMILES string of the molecule is CCc1ccc2c(c1)NC1CS(=O)(=O)CCC1O2. The predicted molar refractivity (Wildman–Crippen MR) is 70.9 cm³/mol. The Morgan fingerprint density at radius 1 is 1.44 bits per heavy atom. The van der Waals surface area contributed by atoms with Crippen LogP contribution >= 0.6 is 0 Å². The fourth-order valence-electron chi connectivity index (χ4n) is 2.61. The lowest BCUT2D eigenvalue weighted by Gasteiger charge is -2.37. The Labute approximate surface area is 107 Å². The molecule has 2 aliphatic heterocycles. The van der Waals surface area contributed by atoms with Gasteiger partial charge in [0.1, 0.15) is 11.9 Å². The highest BCUT2D eigenvalue weighted by Gasteiger charge is 2.37. The zero-order valence-electron chi connectivity index (χ0n) is 10.3. The molecule has 0 amide bonds. The van der Waals surface area contributed by atoms with E-state index in [4.69, 9.17) is 4.74 Å². The van der Waals surface area contributed by atoms with Crippen molar-refractivity contribution in [3.63, 3.8) is 0 Å². The van der Waals surface area contributed by atoms with Gasteiger partial charge >= 0.3 is 0 Å². The van der Waals surface area contributed by atoms with E-state index in [1.165, 1.54) is 5.56 Å². The molecule has 2 unspecified atom stereocenters. The van der Waals surface area contributed by atoms with Crippen molar-refractivity contribution in [1.82, 2.24) is 0 Å². The van der Waals surface area contributed by atoms with E-state index in [0.717, 1.165) is 17.9 Å². The van der Waals surface area contributed by atoms with Crippen LogP contribution in [0.15, 0.2) is 18.2 Å². The van der Waals surface area contributed by atoms with Crippen LogP contribution in [0.25, 0.3) is 0 Å². The Balaban J connectivity index is 1.91. The van der Waals surface area contributed by atoms with Crippen molar-refractivity contribution in [1.29, 1.82) is 0 Å². The highest BCUT2D eigenvalue weighted by atomic mass is 32.2. The van der Waals surface area contributed by atoms with Crippen LogP contribution in [-0.2, 0) is 16.3 Å². The molecule has 0 bridgehead atoms. The molecule has 1 saturated heterocycles. The molecule has 1 aromatic rings. The fourth-order valence-corrected chi connectivity index (χ4v) is 4.22. The third kappa shape index (κ3) is 2.07. The van der Waals surface area contributed by atoms with Crippen LogP contribution in [0.4, 0.5) is 5.69 Å². The molecule has 0 radical (unpaired) electrons. The molecule has 3 rings (SSSR count). The first-order valence-corrected chi connectivity index (χ1v) is 8.16. The summed E-state index contributed by atoms with van der Waals surface area (Å²) in [7, 11) is -2.91. The zero-order valence-corrected chi connectivity index (χ0v) is 11.2. The Bertz CT molecular complexity index is 568. The van der Waals surface area contributed by atoms with E-state index in [-0.39, 0.29) is 23.7 Å². The third-order valence-corrected chi connectivity index (χ3v) is 5.39. The number of hydrogen-bond acceptors (Lipinski definition) is 4. The molecular weight excluding hydrogens is 250 g/mol. The first-order chi connectivity index (χ1) is 8.57. The Hall–Kier alpha value is -1.23. The molecule has 1 N–H and O–H groups in total. The molecule has 2 heterocycles. The maximum Gasteiger partial charge on any atom is 0.152 e. The van der Waals surface area contributed by atoms with E-state index < -0.39 is 9.84 Å². The molecule has 4 nitrogen and oxygen atoms in total. The van der Waals surface area contributed by atoms with Gasteiger partial charge in [0.25, 0.3) is 0 Å². The fraction of sp³-hybridized carbons (Fsp3) is 0.538. The lowest BCUT2D eigenvalue weighted by molar-refractivity contribution is 0.167. The molecule has 0 spiro atoms. The average molecular weight is 267 g/mol. The lowest BCUT2D eigenvalue weighted by Crippen LogP contribution is -2.50. The highest BCUT2D eigenvalue weighted by molar-refractivity contribution is 7.91. The van der Waals surface area contributed by atoms with E-state index >= 15 is 0 Å². The molecule has 5 heteroatoms. The van der Waals surface area contributed by atoms with Crippen LogP contribution in [0.2, 0.25) is 0 Å². The van der Waals surface area contributed by atoms with E-state index in [1.807, 2.05) is 12.1 Å². The number of hydrogen-bond donors (Lipinski definition) is 1. The number of fused-ring (bicyclic) bond motifs is 2. The zero-order chi connectivity index (χ0) is 12.8. The van der Waals surface area contributed by atoms with E-state index in [1.54, 1.807) is 0 Å². The number of rotatable bonds is 1. The van der Waals surface area contributed by atoms with Gasteiger partial charge in [-0.3, -0.25) is 0 Å². The summed E-state index contributed by atoms with van der Waals surface area (Å²) >= 11 is 0. The van der Waals surface area contributed by atoms with Gasteiger partial charge in [-0.05, 0) is 24.1 Å². The average Bonchev–Trinajstić information content (AvgIpc) is 2.34. The van der Waals surface area contributed by atoms with Gasteiger partial charge in [0.15, 0.2) is 9.84 Å². The Morgan fingerprint density at radius 3 is 3.06 bits per heavy atom. The molecular formula is C13H17NO3S. The van der Waals surface area contributed by atoms with Gasteiger partial charge in [-0.2, -0.15) is 0 Å². The van der Waals surface area contributed by atoms with Crippen molar-refractivity contribution in [3.05, 3.63) is 23.8 Å². The molecule has 0 saturated carbocycles. The summed E-state index contributed by atoms with van der Waals surface area (Å²) in [5.74, 6) is 1.25. The number of sulfone groups is 1. The van der Waals surface area contributed by atoms with Crippen LogP contribution in [0.3, 0.4) is 0 Å². The minimum atomic E-state index is -2.91. The minimum Gasteiger partial charge on any atom is -0.486 e. The molecule has 18 heavy (non-hydrogen) atoms. The summed E-state index contributed by atoms with van der Waals surface area (Å²) in [6.45, 7) is 2.10. The second-order valence-electron chi connectivity index (χ2n) is 4.99. The maximum atomic E-state index is 11.6. The van der Waals surface area contributed by atoms with Gasteiger partial charge < -0.3 is 10.1 Å². The van der Waals surface area contributed by atoms with Crippen molar-refractivity contribution in [2.24, 2.45) is 0 Å². The van der Waals surface area contributed by atoms with Crippen molar-refractivity contribution in [3.8, 4) is 5.75 Å². The normalized spacial score (nSPS) is 28.5. The summed E-state index contributed by atoms with van der Waals surface area (Å²) in [4.78, 5) is 0. The van der Waals surface area contributed by atoms with E-state index in [9.17, 15) is 8.42 Å². The van der Waals surface area contributed by atoms with Crippen LogP contribution in [0.5, 0.6) is 5.75 Å². The second-order valence-corrected chi connectivity index (χ2v) is 7.22. The van der Waals surface area contributed by atoms with Crippen molar-refractivity contribution in [2.75, 3.05) is 16.8 Å². The van der Waals surface area contributed by atoms with Gasteiger partial charge in [0, 0.05) is 6.42 Å². The standard InChI is InChI=1S/C13H17NO3S/c1-2-9-3-4-12-10(7-9)14-11-8-18(15,16)6-5-13(11)17-12/h3-4,7,11,13-14H,2,5-6,8H2,1H3. The van der Waals surface area contributed by atoms with Gasteiger partial charge in [0.05, 0.1) is 23.2 Å². The first kappa shape index (κ1) is 11.8. The topological polar surface area (TPSA) is 55.4 Å². The first-order valence-electron chi connectivity index (χ1n) is 6.34. The van der Waals surface area contributed by atoms with Crippen LogP contribution < -0.4 is 10.1 Å². The molecule has 0 aromatic heterocycles. The second kappa shape index (κ2) is 4.16. The molecule has 1 fully saturated rings. The van der Waals surface area contributed by atoms with Gasteiger partial charge in [-0.15, -0.1) is 0 Å². The monoisotopic (exact) mass is 267 g/mol. The van der Waals surface area contributed by atoms with E-state index in [2.05, 4.69) is 18.3 Å². The number of ether oxygens (including phenoxy) is 1. The third-order valence-electron chi connectivity index (χ3n) is 3.67. The smallest absolute Gasteiger partial charge is 0.152 e. The number of benzene rings is 1. The molecule has 0 aliphatic carbocycles. The number of nitrogens with one attached hydrogen (secondary N) is 1. The van der Waals surface area contributed by atoms with Gasteiger partial charge in [-0.25, -0.2) is 8.42 Å². The minimum absolute atomic E-state index is 0.0199. The Kier molecular flexibility index (Phi) is 2.73. The quantitative estimate of drug-likeness (QED) is 0.840. The predicted octanol–water partition coefficient (Wildman–Crippen LogP) is 1.61. The van der Waals surface area contributed by atoms with Crippen molar-refractivity contribution < 1.29 is 13.2 Å². The highest BCUT2D eigenvalue weighted by Crippen LogP contribution is 2.35. The maximum absolute atomic E-state index is 11.6. The van der Waals surface area contributed by atoms with Crippen molar-refractivity contribution >= 4 is 15.5 Å². The van der Waals surface area contributed by atoms with Crippen LogP contribution in [0, 0.1) is 0 Å². The summed E-state index contributed by atoms with van der Waals surface area (Å²) in [5, 5.41) is 3.33. The lowest BCUT2D eigenvalue weighted by atomic mass is 10.0. The molecule has 1 aromatic carbocycles. The summed E-state index contributed by atoms with van der Waals surface area (Å²) in [6, 6.07) is 5.97. The molecule has 98 valence electrons. The number of aryl methyl sites for hydroxylation is 1. The summed E-state index contributed by atoms with van der Waals surface area (Å²) in [5.41, 5.74) is 2.15. The van der Waals surface area contributed by atoms with Gasteiger partial charge in [0.2, 0.25) is 0 Å². The summed E-state index contributed by atoms with van der Waals surface area (Å²) < 4.78 is 29.2. The number of anilines is 1. The van der Waals surface area contributed by atoms with E-state index in [0.29, 0.717) is 6.42 Å². The molecule has 2 aliphatic rings. The van der Waals surface area contributed by atoms with Crippen LogP contribution in [0.1, 0.15) is 18.9 Å². The largest absolute Gasteiger partial charge is 0.486 e. The Morgan fingerprint density at radius 2 is 2.28 bits per heavy atom. The molecule has 2 atom stereocenters. The summed E-state index contributed by atoms with van der Waals surface area (Å²) in [6.07, 6.45) is 1.52. The van der Waals surface area contributed by atoms with Crippen molar-refractivity contribution in [2.45, 2.75) is 31.9 Å². The van der Waals surface area contributed by atoms with Crippen LogP contribution in [-0.4, -0.2) is 32.1 Å². The van der Waals surface area contributed by atoms with Gasteiger partial charge in [-0.1, -0.05) is 13.0 Å².